The van der Waals surface area contributed by atoms with Gasteiger partial charge in [-0.1, -0.05) is 42.5 Å². The van der Waals surface area contributed by atoms with Crippen molar-refractivity contribution in [1.82, 2.24) is 9.80 Å². The molecule has 0 atom stereocenters. The van der Waals surface area contributed by atoms with Crippen molar-refractivity contribution in [2.75, 3.05) is 33.4 Å². The molecule has 0 saturated carbocycles. The summed E-state index contributed by atoms with van der Waals surface area (Å²) in [6.45, 7) is 1.93. The third-order valence-corrected chi connectivity index (χ3v) is 4.81. The molecule has 0 aliphatic carbocycles. The van der Waals surface area contributed by atoms with Gasteiger partial charge in [-0.3, -0.25) is 4.79 Å². The van der Waals surface area contributed by atoms with Gasteiger partial charge >= 0.3 is 0 Å². The third kappa shape index (κ3) is 6.61. The molecule has 0 radical (unpaired) electrons. The van der Waals surface area contributed by atoms with Crippen LogP contribution in [0.25, 0.3) is 0 Å². The van der Waals surface area contributed by atoms with E-state index in [1.807, 2.05) is 54.2 Å². The normalized spacial score (nSPS) is 11.5. The van der Waals surface area contributed by atoms with Gasteiger partial charge in [0.2, 0.25) is 0 Å². The van der Waals surface area contributed by atoms with Crippen LogP contribution < -0.4 is 0 Å². The zero-order chi connectivity index (χ0) is 19.2. The van der Waals surface area contributed by atoms with E-state index in [4.69, 9.17) is 0 Å². The first-order valence-electron chi connectivity index (χ1n) is 8.49. The van der Waals surface area contributed by atoms with Gasteiger partial charge in [-0.15, -0.1) is 0 Å². The van der Waals surface area contributed by atoms with Crippen molar-refractivity contribution >= 4 is 15.7 Å². The second kappa shape index (κ2) is 8.96. The Kier molecular flexibility index (Phi) is 6.94. The average molecular weight is 375 g/mol. The predicted octanol–water partition coefficient (Wildman–Crippen LogP) is 2.44. The Morgan fingerprint density at radius 2 is 1.50 bits per heavy atom. The Morgan fingerprint density at radius 1 is 0.885 bits per heavy atom. The average Bonchev–Trinajstić information content (AvgIpc) is 2.58. The van der Waals surface area contributed by atoms with E-state index >= 15 is 0 Å². The minimum Gasteiger partial charge on any atom is -0.333 e. The van der Waals surface area contributed by atoms with E-state index in [0.29, 0.717) is 24.2 Å². The lowest BCUT2D eigenvalue weighted by Crippen LogP contribution is -2.36. The summed E-state index contributed by atoms with van der Waals surface area (Å²) in [5, 5.41) is 0. The summed E-state index contributed by atoms with van der Waals surface area (Å²) < 4.78 is 22.8. The first-order valence-corrected chi connectivity index (χ1v) is 10.6. The Labute approximate surface area is 156 Å². The summed E-state index contributed by atoms with van der Waals surface area (Å²) >= 11 is 0. The molecule has 1 amide bonds. The molecule has 0 N–H and O–H groups in total. The largest absolute Gasteiger partial charge is 0.333 e. The Bertz CT molecular complexity index is 816. The predicted molar refractivity (Wildman–Crippen MR) is 105 cm³/mol. The number of sulfone groups is 1. The molecule has 2 aromatic rings. The topological polar surface area (TPSA) is 57.7 Å². The van der Waals surface area contributed by atoms with Crippen LogP contribution in [0.1, 0.15) is 21.5 Å². The van der Waals surface area contributed by atoms with Gasteiger partial charge in [-0.05, 0) is 37.4 Å². The van der Waals surface area contributed by atoms with Crippen LogP contribution in [0, 0.1) is 0 Å². The highest BCUT2D eigenvalue weighted by molar-refractivity contribution is 7.89. The first-order chi connectivity index (χ1) is 12.2. The van der Waals surface area contributed by atoms with E-state index in [9.17, 15) is 13.2 Å². The summed E-state index contributed by atoms with van der Waals surface area (Å²) in [6.07, 6.45) is 1.20. The number of amides is 1. The number of carbonyl (C=O) groups is 1. The van der Waals surface area contributed by atoms with Crippen molar-refractivity contribution in [3.63, 3.8) is 0 Å². The zero-order valence-corrected chi connectivity index (χ0v) is 16.4. The van der Waals surface area contributed by atoms with Crippen molar-refractivity contribution in [2.45, 2.75) is 12.3 Å². The molecule has 0 fully saturated rings. The molecule has 26 heavy (non-hydrogen) atoms. The van der Waals surface area contributed by atoms with E-state index in [1.165, 1.54) is 6.26 Å². The third-order valence-electron chi connectivity index (χ3n) is 3.95. The highest BCUT2D eigenvalue weighted by Gasteiger charge is 2.16. The smallest absolute Gasteiger partial charge is 0.254 e. The number of hydrogen-bond donors (Lipinski definition) is 0. The zero-order valence-electron chi connectivity index (χ0n) is 15.6. The van der Waals surface area contributed by atoms with Crippen LogP contribution in [0.2, 0.25) is 0 Å². The highest BCUT2D eigenvalue weighted by atomic mass is 32.2. The number of rotatable bonds is 8. The number of likely N-dealkylation sites (N-methyl/N-ethyl adjacent to an activating group) is 1. The molecular formula is C20H26N2O3S. The molecule has 0 bridgehead atoms. The van der Waals surface area contributed by atoms with Gasteiger partial charge in [0.05, 0.1) is 5.75 Å². The highest BCUT2D eigenvalue weighted by Crippen LogP contribution is 2.13. The van der Waals surface area contributed by atoms with Gasteiger partial charge < -0.3 is 9.80 Å². The molecule has 2 rings (SSSR count). The second-order valence-electron chi connectivity index (χ2n) is 6.78. The lowest BCUT2D eigenvalue weighted by Gasteiger charge is -2.25. The molecule has 0 aromatic heterocycles. The minimum atomic E-state index is -3.09. The van der Waals surface area contributed by atoms with Crippen LogP contribution in [-0.2, 0) is 22.1 Å². The molecule has 0 aliphatic rings. The monoisotopic (exact) mass is 374 g/mol. The van der Waals surface area contributed by atoms with Gasteiger partial charge in [0.15, 0.2) is 9.84 Å². The van der Waals surface area contributed by atoms with Crippen molar-refractivity contribution in [3.05, 3.63) is 71.3 Å². The number of benzene rings is 2. The van der Waals surface area contributed by atoms with Crippen molar-refractivity contribution < 1.29 is 13.2 Å². The summed E-state index contributed by atoms with van der Waals surface area (Å²) in [4.78, 5) is 16.8. The lowest BCUT2D eigenvalue weighted by atomic mass is 10.1. The fourth-order valence-corrected chi connectivity index (χ4v) is 3.40. The summed E-state index contributed by atoms with van der Waals surface area (Å²) in [6, 6.07) is 16.7. The maximum absolute atomic E-state index is 12.9. The second-order valence-corrected chi connectivity index (χ2v) is 8.92. The fourth-order valence-electron chi connectivity index (χ4n) is 2.61. The van der Waals surface area contributed by atoms with Gasteiger partial charge in [0.25, 0.3) is 5.91 Å². The molecule has 6 heteroatoms. The van der Waals surface area contributed by atoms with Crippen molar-refractivity contribution in [2.24, 2.45) is 0 Å². The molecule has 0 heterocycles. The van der Waals surface area contributed by atoms with Crippen molar-refractivity contribution in [1.29, 1.82) is 0 Å². The number of hydrogen-bond acceptors (Lipinski definition) is 4. The Morgan fingerprint density at radius 3 is 2.04 bits per heavy atom. The maximum atomic E-state index is 12.9. The summed E-state index contributed by atoms with van der Waals surface area (Å²) in [7, 11) is 0.868. The van der Waals surface area contributed by atoms with Crippen LogP contribution in [0.5, 0.6) is 0 Å². The van der Waals surface area contributed by atoms with Gasteiger partial charge in [-0.2, -0.15) is 0 Å². The van der Waals surface area contributed by atoms with Crippen molar-refractivity contribution in [3.8, 4) is 0 Å². The Balaban J connectivity index is 2.16. The number of nitrogens with zero attached hydrogens (tertiary/aromatic N) is 2. The molecule has 0 spiro atoms. The Hall–Kier alpha value is -2.18. The van der Waals surface area contributed by atoms with E-state index in [0.717, 1.165) is 12.1 Å². The van der Waals surface area contributed by atoms with Crippen LogP contribution in [0.4, 0.5) is 0 Å². The van der Waals surface area contributed by atoms with Gasteiger partial charge in [0.1, 0.15) is 0 Å². The molecule has 5 nitrogen and oxygen atoms in total. The van der Waals surface area contributed by atoms with Crippen LogP contribution >= 0.6 is 0 Å². The molecule has 0 unspecified atom stereocenters. The molecule has 0 saturated heterocycles. The standard InChI is InChI=1S/C20H26N2O3S/c1-21(2)13-14-22(15-17-7-5-4-6-8-17)20(23)19-11-9-18(10-12-19)16-26(3,24)25/h4-12H,13-16H2,1-3H3. The van der Waals surface area contributed by atoms with E-state index in [-0.39, 0.29) is 11.7 Å². The van der Waals surface area contributed by atoms with Gasteiger partial charge in [0, 0.05) is 31.5 Å². The van der Waals surface area contributed by atoms with E-state index in [2.05, 4.69) is 0 Å². The van der Waals surface area contributed by atoms with Crippen LogP contribution in [0.15, 0.2) is 54.6 Å². The minimum absolute atomic E-state index is 0.0180. The van der Waals surface area contributed by atoms with Crippen LogP contribution in [0.3, 0.4) is 0 Å². The van der Waals surface area contributed by atoms with Gasteiger partial charge in [-0.25, -0.2) is 8.42 Å². The lowest BCUT2D eigenvalue weighted by molar-refractivity contribution is 0.0732. The molecule has 140 valence electrons. The fraction of sp³-hybridized carbons (Fsp3) is 0.350. The first kappa shape index (κ1) is 20.1. The van der Waals surface area contributed by atoms with Crippen LogP contribution in [-0.4, -0.2) is 57.6 Å². The molecule has 2 aromatic carbocycles. The number of carbonyl (C=O) groups excluding carboxylic acids is 1. The summed E-state index contributed by atoms with van der Waals surface area (Å²) in [5.74, 6) is -0.0721. The molecular weight excluding hydrogens is 348 g/mol. The quantitative estimate of drug-likeness (QED) is 0.712. The SMILES string of the molecule is CN(C)CCN(Cc1ccccc1)C(=O)c1ccc(CS(C)(=O)=O)cc1. The maximum Gasteiger partial charge on any atom is 0.254 e. The van der Waals surface area contributed by atoms with E-state index in [1.54, 1.807) is 24.3 Å². The van der Waals surface area contributed by atoms with E-state index < -0.39 is 9.84 Å². The summed E-state index contributed by atoms with van der Waals surface area (Å²) in [5.41, 5.74) is 2.33. The molecule has 0 aliphatic heterocycles.